The number of nitrogens with one attached hydrogen (secondary N) is 2. The van der Waals surface area contributed by atoms with Crippen LogP contribution in [0.1, 0.15) is 24.2 Å². The highest BCUT2D eigenvalue weighted by Gasteiger charge is 2.16. The number of anilines is 1. The average Bonchev–Trinajstić information content (AvgIpc) is 2.39. The molecule has 0 aromatic heterocycles. The van der Waals surface area contributed by atoms with E-state index in [9.17, 15) is 9.59 Å². The van der Waals surface area contributed by atoms with E-state index in [1.54, 1.807) is 19.1 Å². The maximum atomic E-state index is 11.9. The zero-order valence-corrected chi connectivity index (χ0v) is 13.0. The second-order valence-electron chi connectivity index (χ2n) is 4.18. The molecule has 2 amide bonds. The molecule has 112 valence electrons. The van der Waals surface area contributed by atoms with Crippen molar-refractivity contribution in [2.45, 2.75) is 13.8 Å². The maximum Gasteiger partial charge on any atom is 0.253 e. The lowest BCUT2D eigenvalue weighted by molar-refractivity contribution is -0.119. The van der Waals surface area contributed by atoms with E-state index in [0.717, 1.165) is 0 Å². The summed E-state index contributed by atoms with van der Waals surface area (Å²) in [6, 6.07) is 4.75. The van der Waals surface area contributed by atoms with Gasteiger partial charge in [0.2, 0.25) is 5.91 Å². The number of hydrogen-bond acceptors (Lipinski definition) is 3. The minimum absolute atomic E-state index is 0. The van der Waals surface area contributed by atoms with Gasteiger partial charge in [-0.2, -0.15) is 0 Å². The Kier molecular flexibility index (Phi) is 8.22. The second-order valence-corrected chi connectivity index (χ2v) is 4.61. The third-order valence-electron chi connectivity index (χ3n) is 2.62. The molecule has 1 unspecified atom stereocenters. The lowest BCUT2D eigenvalue weighted by Crippen LogP contribution is -2.29. The van der Waals surface area contributed by atoms with E-state index in [1.165, 1.54) is 6.07 Å². The Morgan fingerprint density at radius 2 is 2.05 bits per heavy atom. The van der Waals surface area contributed by atoms with Gasteiger partial charge in [-0.1, -0.05) is 18.5 Å². The van der Waals surface area contributed by atoms with E-state index in [0.29, 0.717) is 22.8 Å². The predicted molar refractivity (Wildman–Crippen MR) is 83.6 cm³/mol. The third-order valence-corrected chi connectivity index (χ3v) is 2.86. The van der Waals surface area contributed by atoms with E-state index in [4.69, 9.17) is 17.3 Å². The SMILES string of the molecule is CCNC(=O)c1cc(Cl)ccc1NC(=O)C(C)CN.Cl. The fraction of sp³-hybridized carbons (Fsp3) is 0.385. The predicted octanol–water partition coefficient (Wildman–Crippen LogP) is 2.04. The van der Waals surface area contributed by atoms with Gasteiger partial charge in [0.05, 0.1) is 11.3 Å². The zero-order valence-electron chi connectivity index (χ0n) is 11.4. The Bertz CT molecular complexity index is 481. The molecule has 5 nitrogen and oxygen atoms in total. The lowest BCUT2D eigenvalue weighted by Gasteiger charge is -2.13. The average molecular weight is 320 g/mol. The fourth-order valence-corrected chi connectivity index (χ4v) is 1.60. The molecule has 1 atom stereocenters. The monoisotopic (exact) mass is 319 g/mol. The minimum atomic E-state index is -0.322. The van der Waals surface area contributed by atoms with Crippen LogP contribution in [-0.2, 0) is 4.79 Å². The van der Waals surface area contributed by atoms with E-state index in [-0.39, 0.29) is 36.7 Å². The Morgan fingerprint density at radius 1 is 1.40 bits per heavy atom. The van der Waals surface area contributed by atoms with Crippen LogP contribution in [0, 0.1) is 5.92 Å². The standard InChI is InChI=1S/C13H18ClN3O2.ClH/c1-3-16-13(19)10-6-9(14)4-5-11(10)17-12(18)8(2)7-15;/h4-6,8H,3,7,15H2,1-2H3,(H,16,19)(H,17,18);1H. The van der Waals surface area contributed by atoms with Gasteiger partial charge < -0.3 is 16.4 Å². The van der Waals surface area contributed by atoms with Crippen LogP contribution >= 0.6 is 24.0 Å². The number of carbonyl (C=O) groups excluding carboxylic acids is 2. The minimum Gasteiger partial charge on any atom is -0.352 e. The van der Waals surface area contributed by atoms with E-state index < -0.39 is 0 Å². The number of benzene rings is 1. The molecule has 0 aliphatic carbocycles. The van der Waals surface area contributed by atoms with Crippen molar-refractivity contribution in [3.05, 3.63) is 28.8 Å². The molecule has 0 bridgehead atoms. The highest BCUT2D eigenvalue weighted by atomic mass is 35.5. The summed E-state index contributed by atoms with van der Waals surface area (Å²) in [5.74, 6) is -0.825. The van der Waals surface area contributed by atoms with Crippen LogP contribution in [0.15, 0.2) is 18.2 Å². The van der Waals surface area contributed by atoms with Crippen LogP contribution in [0.5, 0.6) is 0 Å². The van der Waals surface area contributed by atoms with Crippen molar-refractivity contribution in [1.29, 1.82) is 0 Å². The summed E-state index contributed by atoms with van der Waals surface area (Å²) in [6.07, 6.45) is 0. The summed E-state index contributed by atoms with van der Waals surface area (Å²) in [5.41, 5.74) is 6.21. The highest BCUT2D eigenvalue weighted by Crippen LogP contribution is 2.21. The fourth-order valence-electron chi connectivity index (χ4n) is 1.43. The summed E-state index contributed by atoms with van der Waals surface area (Å²) in [6.45, 7) is 4.28. The maximum absolute atomic E-state index is 11.9. The Balaban J connectivity index is 0.00000361. The molecule has 1 aromatic carbocycles. The molecule has 0 fully saturated rings. The van der Waals surface area contributed by atoms with Gasteiger partial charge in [0.15, 0.2) is 0 Å². The largest absolute Gasteiger partial charge is 0.352 e. The topological polar surface area (TPSA) is 84.2 Å². The molecule has 4 N–H and O–H groups in total. The molecule has 1 rings (SSSR count). The first-order valence-electron chi connectivity index (χ1n) is 6.08. The lowest BCUT2D eigenvalue weighted by atomic mass is 10.1. The van der Waals surface area contributed by atoms with Gasteiger partial charge in [0.1, 0.15) is 0 Å². The summed E-state index contributed by atoms with van der Waals surface area (Å²) >= 11 is 5.87. The van der Waals surface area contributed by atoms with Gasteiger partial charge in [0.25, 0.3) is 5.91 Å². The summed E-state index contributed by atoms with van der Waals surface area (Å²) in [7, 11) is 0. The number of halogens is 2. The van der Waals surface area contributed by atoms with Crippen LogP contribution in [-0.4, -0.2) is 24.9 Å². The van der Waals surface area contributed by atoms with Gasteiger partial charge in [-0.25, -0.2) is 0 Å². The summed E-state index contributed by atoms with van der Waals surface area (Å²) < 4.78 is 0. The van der Waals surface area contributed by atoms with Crippen molar-refractivity contribution in [2.75, 3.05) is 18.4 Å². The molecule has 0 heterocycles. The Hall–Kier alpha value is -1.30. The molecule has 0 saturated carbocycles. The first-order valence-corrected chi connectivity index (χ1v) is 6.46. The number of nitrogens with two attached hydrogens (primary N) is 1. The number of amides is 2. The summed E-state index contributed by atoms with van der Waals surface area (Å²) in [4.78, 5) is 23.7. The molecule has 7 heteroatoms. The molecular formula is C13H19Cl2N3O2. The summed E-state index contributed by atoms with van der Waals surface area (Å²) in [5, 5.41) is 5.80. The molecule has 1 aromatic rings. The van der Waals surface area contributed by atoms with Gasteiger partial charge >= 0.3 is 0 Å². The zero-order chi connectivity index (χ0) is 14.4. The van der Waals surface area contributed by atoms with Crippen molar-refractivity contribution in [2.24, 2.45) is 11.7 Å². The quantitative estimate of drug-likeness (QED) is 0.776. The van der Waals surface area contributed by atoms with Crippen LogP contribution in [0.2, 0.25) is 5.02 Å². The molecule has 0 aliphatic rings. The van der Waals surface area contributed by atoms with Crippen LogP contribution in [0.3, 0.4) is 0 Å². The van der Waals surface area contributed by atoms with Crippen LogP contribution in [0.4, 0.5) is 5.69 Å². The van der Waals surface area contributed by atoms with Gasteiger partial charge in [0, 0.05) is 24.0 Å². The van der Waals surface area contributed by atoms with Crippen molar-refractivity contribution < 1.29 is 9.59 Å². The van der Waals surface area contributed by atoms with Crippen molar-refractivity contribution in [1.82, 2.24) is 5.32 Å². The number of carbonyl (C=O) groups is 2. The Labute approximate surface area is 129 Å². The molecule has 0 saturated heterocycles. The highest BCUT2D eigenvalue weighted by molar-refractivity contribution is 6.31. The molecule has 20 heavy (non-hydrogen) atoms. The van der Waals surface area contributed by atoms with Crippen molar-refractivity contribution in [3.63, 3.8) is 0 Å². The van der Waals surface area contributed by atoms with Gasteiger partial charge in [-0.3, -0.25) is 9.59 Å². The number of rotatable bonds is 5. The van der Waals surface area contributed by atoms with Crippen LogP contribution in [0.25, 0.3) is 0 Å². The third kappa shape index (κ3) is 5.00. The Morgan fingerprint density at radius 3 is 2.60 bits per heavy atom. The van der Waals surface area contributed by atoms with E-state index in [2.05, 4.69) is 10.6 Å². The molecule has 0 spiro atoms. The molecule has 0 radical (unpaired) electrons. The van der Waals surface area contributed by atoms with Crippen LogP contribution < -0.4 is 16.4 Å². The number of hydrogen-bond donors (Lipinski definition) is 3. The van der Waals surface area contributed by atoms with Gasteiger partial charge in [-0.05, 0) is 25.1 Å². The molecular weight excluding hydrogens is 301 g/mol. The van der Waals surface area contributed by atoms with Gasteiger partial charge in [-0.15, -0.1) is 12.4 Å². The molecule has 0 aliphatic heterocycles. The first kappa shape index (κ1) is 18.7. The normalized spacial score (nSPS) is 11.2. The second kappa shape index (κ2) is 8.79. The van der Waals surface area contributed by atoms with E-state index >= 15 is 0 Å². The smallest absolute Gasteiger partial charge is 0.253 e. The first-order chi connectivity index (χ1) is 8.99. The van der Waals surface area contributed by atoms with Crippen molar-refractivity contribution in [3.8, 4) is 0 Å². The van der Waals surface area contributed by atoms with E-state index in [1.807, 2.05) is 6.92 Å². The van der Waals surface area contributed by atoms with Crippen molar-refractivity contribution >= 4 is 41.5 Å².